The summed E-state index contributed by atoms with van der Waals surface area (Å²) in [6.07, 6.45) is 0. The molecule has 0 aliphatic heterocycles. The fraction of sp³-hybridized carbons (Fsp3) is 0.192. The van der Waals surface area contributed by atoms with E-state index in [4.69, 9.17) is 14.0 Å². The highest BCUT2D eigenvalue weighted by molar-refractivity contribution is 5.73. The van der Waals surface area contributed by atoms with Crippen LogP contribution >= 0.6 is 0 Å². The molecule has 0 fully saturated rings. The summed E-state index contributed by atoms with van der Waals surface area (Å²) >= 11 is 0. The Labute approximate surface area is 192 Å². The van der Waals surface area contributed by atoms with Crippen molar-refractivity contribution >= 4 is 5.91 Å². The Hall–Kier alpha value is -4.13. The molecule has 0 aliphatic rings. The van der Waals surface area contributed by atoms with Gasteiger partial charge in [-0.15, -0.1) is 0 Å². The van der Waals surface area contributed by atoms with Gasteiger partial charge >= 0.3 is 0 Å². The van der Waals surface area contributed by atoms with Crippen LogP contribution < -0.4 is 14.8 Å². The van der Waals surface area contributed by atoms with Gasteiger partial charge in [0.2, 0.25) is 11.7 Å². The first kappa shape index (κ1) is 22.1. The van der Waals surface area contributed by atoms with E-state index < -0.39 is 5.54 Å². The van der Waals surface area contributed by atoms with Crippen LogP contribution in [0.5, 0.6) is 17.2 Å². The van der Waals surface area contributed by atoms with E-state index in [1.54, 1.807) is 13.8 Å². The summed E-state index contributed by atoms with van der Waals surface area (Å²) in [4.78, 5) is 15.8. The smallest absolute Gasteiger partial charge is 0.252 e. The number of aromatic nitrogens is 2. The van der Waals surface area contributed by atoms with Crippen molar-refractivity contribution in [2.75, 3.05) is 0 Å². The molecule has 0 aliphatic carbocycles. The van der Waals surface area contributed by atoms with Gasteiger partial charge in [0.1, 0.15) is 29.4 Å². The van der Waals surface area contributed by atoms with Gasteiger partial charge < -0.3 is 19.3 Å². The zero-order valence-corrected chi connectivity index (χ0v) is 18.7. The lowest BCUT2D eigenvalue weighted by molar-refractivity contribution is -0.120. The predicted octanol–water partition coefficient (Wildman–Crippen LogP) is 5.48. The number of rotatable bonds is 8. The molecular formula is C26H25N3O4. The molecule has 0 atom stereocenters. The van der Waals surface area contributed by atoms with Gasteiger partial charge in [-0.2, -0.15) is 4.98 Å². The Bertz CT molecular complexity index is 1200. The molecule has 0 radical (unpaired) electrons. The predicted molar refractivity (Wildman–Crippen MR) is 124 cm³/mol. The van der Waals surface area contributed by atoms with Gasteiger partial charge in [0.25, 0.3) is 5.89 Å². The summed E-state index contributed by atoms with van der Waals surface area (Å²) in [5.41, 5.74) is 1.14. The van der Waals surface area contributed by atoms with Crippen LogP contribution in [0.15, 0.2) is 83.4 Å². The third-order valence-electron chi connectivity index (χ3n) is 4.87. The second-order valence-electron chi connectivity index (χ2n) is 8.10. The summed E-state index contributed by atoms with van der Waals surface area (Å²) in [6, 6.07) is 24.9. The monoisotopic (exact) mass is 443 g/mol. The fourth-order valence-corrected chi connectivity index (χ4v) is 3.24. The summed E-state index contributed by atoms with van der Waals surface area (Å²) in [6.45, 7) is 5.58. The number of carbonyl (C=O) groups is 1. The van der Waals surface area contributed by atoms with E-state index in [0.717, 1.165) is 16.9 Å². The minimum atomic E-state index is -0.753. The maximum Gasteiger partial charge on any atom is 0.252 e. The fourth-order valence-electron chi connectivity index (χ4n) is 3.24. The third kappa shape index (κ3) is 5.77. The van der Waals surface area contributed by atoms with Crippen LogP contribution in [0.4, 0.5) is 0 Å². The first-order valence-electron chi connectivity index (χ1n) is 10.6. The Kier molecular flexibility index (Phi) is 6.40. The molecule has 1 heterocycles. The molecule has 0 saturated heterocycles. The van der Waals surface area contributed by atoms with Gasteiger partial charge in [0.05, 0.1) is 0 Å². The van der Waals surface area contributed by atoms with Crippen LogP contribution in [-0.2, 0) is 16.9 Å². The van der Waals surface area contributed by atoms with Crippen molar-refractivity contribution in [2.45, 2.75) is 32.9 Å². The molecule has 3 aromatic carbocycles. The first-order valence-corrected chi connectivity index (χ1v) is 10.6. The first-order chi connectivity index (χ1) is 15.9. The van der Waals surface area contributed by atoms with Gasteiger partial charge in [-0.3, -0.25) is 4.79 Å². The Morgan fingerprint density at radius 3 is 2.15 bits per heavy atom. The van der Waals surface area contributed by atoms with Crippen LogP contribution in [0.1, 0.15) is 32.2 Å². The van der Waals surface area contributed by atoms with Crippen molar-refractivity contribution in [3.8, 4) is 28.6 Å². The van der Waals surface area contributed by atoms with E-state index >= 15 is 0 Å². The van der Waals surface area contributed by atoms with E-state index in [-0.39, 0.29) is 5.91 Å². The van der Waals surface area contributed by atoms with Gasteiger partial charge in [-0.25, -0.2) is 0 Å². The Morgan fingerprint density at radius 1 is 0.909 bits per heavy atom. The number of amides is 1. The van der Waals surface area contributed by atoms with E-state index in [1.807, 2.05) is 78.9 Å². The zero-order chi connectivity index (χ0) is 23.3. The number of benzene rings is 3. The molecule has 0 bridgehead atoms. The molecule has 1 aromatic heterocycles. The zero-order valence-electron chi connectivity index (χ0n) is 18.7. The molecule has 4 rings (SSSR count). The van der Waals surface area contributed by atoms with Crippen LogP contribution in [0.3, 0.4) is 0 Å². The molecular weight excluding hydrogens is 418 g/mol. The van der Waals surface area contributed by atoms with Gasteiger partial charge in [0.15, 0.2) is 0 Å². The normalized spacial score (nSPS) is 11.1. The molecule has 0 spiro atoms. The average molecular weight is 444 g/mol. The SMILES string of the molecule is CC(=O)NC(C)(C)c1nc(-c2ccc(Oc3ccc(OCc4ccccc4)cc3)cc2)no1. The van der Waals surface area contributed by atoms with Crippen molar-refractivity contribution in [1.29, 1.82) is 0 Å². The topological polar surface area (TPSA) is 86.5 Å². The quantitative estimate of drug-likeness (QED) is 0.388. The molecule has 168 valence electrons. The molecule has 1 N–H and O–H groups in total. The highest BCUT2D eigenvalue weighted by Gasteiger charge is 2.28. The van der Waals surface area contributed by atoms with Crippen molar-refractivity contribution in [3.05, 3.63) is 90.3 Å². The summed E-state index contributed by atoms with van der Waals surface area (Å²) in [5, 5.41) is 6.82. The number of nitrogens with zero attached hydrogens (tertiary/aromatic N) is 2. The third-order valence-corrected chi connectivity index (χ3v) is 4.87. The summed E-state index contributed by atoms with van der Waals surface area (Å²) < 4.78 is 17.1. The van der Waals surface area contributed by atoms with Crippen molar-refractivity contribution in [1.82, 2.24) is 15.5 Å². The lowest BCUT2D eigenvalue weighted by Crippen LogP contribution is -2.39. The van der Waals surface area contributed by atoms with Gasteiger partial charge in [-0.1, -0.05) is 35.5 Å². The number of ether oxygens (including phenoxy) is 2. The van der Waals surface area contributed by atoms with Gasteiger partial charge in [0, 0.05) is 12.5 Å². The maximum absolute atomic E-state index is 11.4. The van der Waals surface area contributed by atoms with Crippen molar-refractivity contribution in [2.24, 2.45) is 0 Å². The van der Waals surface area contributed by atoms with E-state index in [9.17, 15) is 4.79 Å². The van der Waals surface area contributed by atoms with E-state index in [0.29, 0.717) is 29.8 Å². The number of hydrogen-bond donors (Lipinski definition) is 1. The highest BCUT2D eigenvalue weighted by Crippen LogP contribution is 2.27. The molecule has 7 nitrogen and oxygen atoms in total. The van der Waals surface area contributed by atoms with Crippen LogP contribution in [0, 0.1) is 0 Å². The van der Waals surface area contributed by atoms with Gasteiger partial charge in [-0.05, 0) is 67.9 Å². The maximum atomic E-state index is 11.4. The summed E-state index contributed by atoms with van der Waals surface area (Å²) in [7, 11) is 0. The lowest BCUT2D eigenvalue weighted by Gasteiger charge is -2.20. The molecule has 1 amide bonds. The molecule has 4 aromatic rings. The Morgan fingerprint density at radius 2 is 1.52 bits per heavy atom. The van der Waals surface area contributed by atoms with Crippen LogP contribution in [0.25, 0.3) is 11.4 Å². The van der Waals surface area contributed by atoms with Crippen molar-refractivity contribution in [3.63, 3.8) is 0 Å². The summed E-state index contributed by atoms with van der Waals surface area (Å²) in [5.74, 6) is 2.76. The van der Waals surface area contributed by atoms with Crippen molar-refractivity contribution < 1.29 is 18.8 Å². The van der Waals surface area contributed by atoms with E-state index in [2.05, 4.69) is 15.5 Å². The minimum Gasteiger partial charge on any atom is -0.489 e. The number of nitrogens with one attached hydrogen (secondary N) is 1. The minimum absolute atomic E-state index is 0.169. The molecule has 0 unspecified atom stereocenters. The lowest BCUT2D eigenvalue weighted by atomic mass is 10.1. The molecule has 0 saturated carbocycles. The number of hydrogen-bond acceptors (Lipinski definition) is 6. The standard InChI is InChI=1S/C26H25N3O4/c1-18(30)28-26(2,3)25-27-24(29-33-25)20-9-11-22(12-10-20)32-23-15-13-21(14-16-23)31-17-19-7-5-4-6-8-19/h4-16H,17H2,1-3H3,(H,28,30). The largest absolute Gasteiger partial charge is 0.489 e. The number of carbonyl (C=O) groups excluding carboxylic acids is 1. The molecule has 33 heavy (non-hydrogen) atoms. The van der Waals surface area contributed by atoms with Crippen LogP contribution in [0.2, 0.25) is 0 Å². The second-order valence-corrected chi connectivity index (χ2v) is 8.10. The molecule has 7 heteroatoms. The second kappa shape index (κ2) is 9.56. The Balaban J connectivity index is 1.36. The average Bonchev–Trinajstić information content (AvgIpc) is 3.31. The van der Waals surface area contributed by atoms with Crippen LogP contribution in [-0.4, -0.2) is 16.0 Å². The highest BCUT2D eigenvalue weighted by atomic mass is 16.5. The van der Waals surface area contributed by atoms with E-state index in [1.165, 1.54) is 6.92 Å².